The Balaban J connectivity index is 1.88. The molecule has 0 saturated heterocycles. The summed E-state index contributed by atoms with van der Waals surface area (Å²) >= 11 is 0. The summed E-state index contributed by atoms with van der Waals surface area (Å²) in [6, 6.07) is 4.03. The van der Waals surface area contributed by atoms with Crippen LogP contribution in [0, 0.1) is 13.8 Å². The highest BCUT2D eigenvalue weighted by atomic mass is 32.2. The highest BCUT2D eigenvalue weighted by Gasteiger charge is 2.27. The van der Waals surface area contributed by atoms with E-state index in [1.54, 1.807) is 30.9 Å². The SMILES string of the molecule is COCC(NS(=O)(=O)c1ccc(-c2onc(C)c2C)o1)c1ccnn1C. The lowest BCUT2D eigenvalue weighted by atomic mass is 10.2. The Bertz CT molecular complexity index is 1000. The van der Waals surface area contributed by atoms with Gasteiger partial charge in [-0.3, -0.25) is 4.68 Å². The number of sulfonamides is 1. The molecule has 0 amide bonds. The van der Waals surface area contributed by atoms with Crippen LogP contribution in [-0.2, 0) is 21.8 Å². The molecule has 1 N–H and O–H groups in total. The van der Waals surface area contributed by atoms with Crippen molar-refractivity contribution >= 4 is 10.0 Å². The Morgan fingerprint density at radius 3 is 2.65 bits per heavy atom. The Morgan fingerprint density at radius 2 is 2.08 bits per heavy atom. The molecule has 0 aliphatic carbocycles. The molecular weight excluding hydrogens is 360 g/mol. The van der Waals surface area contributed by atoms with E-state index in [0.717, 1.165) is 11.3 Å². The minimum absolute atomic E-state index is 0.146. The van der Waals surface area contributed by atoms with Crippen LogP contribution in [0.4, 0.5) is 0 Å². The molecule has 0 aliphatic rings. The van der Waals surface area contributed by atoms with Crippen LogP contribution in [0.25, 0.3) is 11.5 Å². The van der Waals surface area contributed by atoms with E-state index < -0.39 is 16.1 Å². The molecule has 3 heterocycles. The van der Waals surface area contributed by atoms with Gasteiger partial charge in [-0.25, -0.2) is 8.42 Å². The first-order valence-electron chi connectivity index (χ1n) is 7.85. The largest absolute Gasteiger partial charge is 0.440 e. The number of hydrogen-bond donors (Lipinski definition) is 1. The predicted octanol–water partition coefficient (Wildman–Crippen LogP) is 1.95. The van der Waals surface area contributed by atoms with Crippen LogP contribution in [0.3, 0.4) is 0 Å². The van der Waals surface area contributed by atoms with Gasteiger partial charge in [-0.15, -0.1) is 0 Å². The van der Waals surface area contributed by atoms with E-state index in [4.69, 9.17) is 13.7 Å². The summed E-state index contributed by atoms with van der Waals surface area (Å²) in [5, 5.41) is 7.70. The topological polar surface area (TPSA) is 112 Å². The standard InChI is InChI=1S/C16H20N4O5S/c1-10-11(2)18-25-16(10)14-5-6-15(24-14)26(21,22)19-12(9-23-4)13-7-8-17-20(13)3/h5-8,12,19H,9H2,1-4H3. The van der Waals surface area contributed by atoms with Crippen molar-refractivity contribution in [3.8, 4) is 11.5 Å². The van der Waals surface area contributed by atoms with Gasteiger partial charge in [0.15, 0.2) is 5.76 Å². The van der Waals surface area contributed by atoms with Gasteiger partial charge in [-0.1, -0.05) is 5.16 Å². The van der Waals surface area contributed by atoms with E-state index in [1.165, 1.54) is 19.2 Å². The lowest BCUT2D eigenvalue weighted by Gasteiger charge is -2.17. The lowest BCUT2D eigenvalue weighted by Crippen LogP contribution is -2.32. The second kappa shape index (κ2) is 7.06. The molecule has 1 atom stereocenters. The van der Waals surface area contributed by atoms with Crippen molar-refractivity contribution in [2.24, 2.45) is 7.05 Å². The summed E-state index contributed by atoms with van der Waals surface area (Å²) in [5.74, 6) is 0.705. The Kier molecular flexibility index (Phi) is 4.99. The first-order valence-corrected chi connectivity index (χ1v) is 9.34. The highest BCUT2D eigenvalue weighted by Crippen LogP contribution is 2.29. The van der Waals surface area contributed by atoms with Crippen molar-refractivity contribution in [1.29, 1.82) is 0 Å². The third kappa shape index (κ3) is 3.43. The monoisotopic (exact) mass is 380 g/mol. The van der Waals surface area contributed by atoms with E-state index in [2.05, 4.69) is 15.0 Å². The maximum atomic E-state index is 12.7. The average Bonchev–Trinajstić information content (AvgIpc) is 3.29. The number of aryl methyl sites for hydroxylation is 2. The minimum atomic E-state index is -3.92. The second-order valence-corrected chi connectivity index (χ2v) is 7.49. The van der Waals surface area contributed by atoms with Gasteiger partial charge in [0.1, 0.15) is 0 Å². The molecule has 3 aromatic rings. The third-order valence-electron chi connectivity index (χ3n) is 4.07. The zero-order valence-corrected chi connectivity index (χ0v) is 15.7. The molecule has 0 spiro atoms. The lowest BCUT2D eigenvalue weighted by molar-refractivity contribution is 0.172. The number of nitrogens with one attached hydrogen (secondary N) is 1. The number of nitrogens with zero attached hydrogens (tertiary/aromatic N) is 3. The normalized spacial score (nSPS) is 13.2. The van der Waals surface area contributed by atoms with E-state index in [0.29, 0.717) is 17.2 Å². The summed E-state index contributed by atoms with van der Waals surface area (Å²) < 4.78 is 45.5. The summed E-state index contributed by atoms with van der Waals surface area (Å²) in [6.07, 6.45) is 1.59. The van der Waals surface area contributed by atoms with Crippen LogP contribution in [0.15, 0.2) is 38.4 Å². The number of aromatic nitrogens is 3. The van der Waals surface area contributed by atoms with Gasteiger partial charge in [0, 0.05) is 25.9 Å². The summed E-state index contributed by atoms with van der Waals surface area (Å²) in [4.78, 5) is 0. The van der Waals surface area contributed by atoms with Crippen molar-refractivity contribution in [3.63, 3.8) is 0 Å². The molecule has 0 bridgehead atoms. The Morgan fingerprint density at radius 1 is 1.31 bits per heavy atom. The third-order valence-corrected chi connectivity index (χ3v) is 5.42. The van der Waals surface area contributed by atoms with Crippen LogP contribution in [0.1, 0.15) is 23.0 Å². The maximum absolute atomic E-state index is 12.7. The molecule has 0 aliphatic heterocycles. The quantitative estimate of drug-likeness (QED) is 0.666. The van der Waals surface area contributed by atoms with Crippen LogP contribution in [0.5, 0.6) is 0 Å². The van der Waals surface area contributed by atoms with Crippen LogP contribution >= 0.6 is 0 Å². The smallest absolute Gasteiger partial charge is 0.274 e. The Hall–Kier alpha value is -2.43. The molecule has 140 valence electrons. The van der Waals surface area contributed by atoms with Gasteiger partial charge in [-0.2, -0.15) is 9.82 Å². The molecular formula is C16H20N4O5S. The summed E-state index contributed by atoms with van der Waals surface area (Å²) in [5.41, 5.74) is 2.18. The number of hydrogen-bond acceptors (Lipinski definition) is 7. The number of furan rings is 1. The zero-order chi connectivity index (χ0) is 18.9. The molecule has 9 nitrogen and oxygen atoms in total. The molecule has 0 aromatic carbocycles. The van der Waals surface area contributed by atoms with Gasteiger partial charge < -0.3 is 13.7 Å². The van der Waals surface area contributed by atoms with Gasteiger partial charge in [0.2, 0.25) is 10.9 Å². The van der Waals surface area contributed by atoms with Crippen molar-refractivity contribution in [2.45, 2.75) is 25.0 Å². The number of rotatable bonds is 7. The van der Waals surface area contributed by atoms with Gasteiger partial charge in [0.05, 0.1) is 24.0 Å². The molecule has 3 aromatic heterocycles. The number of ether oxygens (including phenoxy) is 1. The van der Waals surface area contributed by atoms with E-state index in [-0.39, 0.29) is 11.7 Å². The van der Waals surface area contributed by atoms with E-state index >= 15 is 0 Å². The molecule has 10 heteroatoms. The molecule has 0 saturated carbocycles. The van der Waals surface area contributed by atoms with Crippen molar-refractivity contribution in [1.82, 2.24) is 19.7 Å². The molecule has 3 rings (SSSR count). The van der Waals surface area contributed by atoms with Gasteiger partial charge >= 0.3 is 0 Å². The highest BCUT2D eigenvalue weighted by molar-refractivity contribution is 7.89. The first kappa shape index (κ1) is 18.4. The fraction of sp³-hybridized carbons (Fsp3) is 0.375. The van der Waals surface area contributed by atoms with Crippen LogP contribution in [-0.4, -0.2) is 37.1 Å². The van der Waals surface area contributed by atoms with Gasteiger partial charge in [0.25, 0.3) is 10.0 Å². The molecule has 0 fully saturated rings. The maximum Gasteiger partial charge on any atom is 0.274 e. The van der Waals surface area contributed by atoms with Crippen LogP contribution in [0.2, 0.25) is 0 Å². The van der Waals surface area contributed by atoms with E-state index in [9.17, 15) is 8.42 Å². The molecule has 26 heavy (non-hydrogen) atoms. The van der Waals surface area contributed by atoms with Gasteiger partial charge in [-0.05, 0) is 32.0 Å². The summed E-state index contributed by atoms with van der Waals surface area (Å²) in [6.45, 7) is 3.77. The zero-order valence-electron chi connectivity index (χ0n) is 14.9. The number of methoxy groups -OCH3 is 1. The predicted molar refractivity (Wildman–Crippen MR) is 91.8 cm³/mol. The Labute approximate surface area is 151 Å². The fourth-order valence-electron chi connectivity index (χ4n) is 2.55. The van der Waals surface area contributed by atoms with Crippen LogP contribution < -0.4 is 4.72 Å². The summed E-state index contributed by atoms with van der Waals surface area (Å²) in [7, 11) is -0.691. The molecule has 1 unspecified atom stereocenters. The van der Waals surface area contributed by atoms with Crippen molar-refractivity contribution in [3.05, 3.63) is 41.3 Å². The van der Waals surface area contributed by atoms with E-state index in [1.807, 2.05) is 6.92 Å². The fourth-order valence-corrected chi connectivity index (χ4v) is 3.68. The average molecular weight is 380 g/mol. The first-order chi connectivity index (χ1) is 12.3. The molecule has 0 radical (unpaired) electrons. The minimum Gasteiger partial charge on any atom is -0.440 e. The van der Waals surface area contributed by atoms with Crippen molar-refractivity contribution < 1.29 is 22.1 Å². The van der Waals surface area contributed by atoms with Crippen molar-refractivity contribution in [2.75, 3.05) is 13.7 Å². The second-order valence-electron chi connectivity index (χ2n) is 5.85.